The van der Waals surface area contributed by atoms with Gasteiger partial charge in [0.25, 0.3) is 5.91 Å². The lowest BCUT2D eigenvalue weighted by Gasteiger charge is -2.30. The van der Waals surface area contributed by atoms with Gasteiger partial charge in [-0.3, -0.25) is 4.79 Å². The summed E-state index contributed by atoms with van der Waals surface area (Å²) in [5.74, 6) is -0.781. The van der Waals surface area contributed by atoms with Gasteiger partial charge in [-0.2, -0.15) is 5.26 Å². The highest BCUT2D eigenvalue weighted by Gasteiger charge is 2.22. The Hall–Kier alpha value is -2.78. The quantitative estimate of drug-likeness (QED) is 0.644. The normalized spacial score (nSPS) is 10.6. The summed E-state index contributed by atoms with van der Waals surface area (Å²) in [6.07, 6.45) is 0. The number of esters is 1. The summed E-state index contributed by atoms with van der Waals surface area (Å²) in [5, 5.41) is 9.26. The predicted octanol–water partition coefficient (Wildman–Crippen LogP) is 4.51. The van der Waals surface area contributed by atoms with E-state index in [9.17, 15) is 14.9 Å². The Bertz CT molecular complexity index is 879. The maximum absolute atomic E-state index is 12.6. The van der Waals surface area contributed by atoms with E-state index in [0.29, 0.717) is 16.0 Å². The number of benzene rings is 2. The maximum atomic E-state index is 12.6. The fourth-order valence-electron chi connectivity index (χ4n) is 2.94. The van der Waals surface area contributed by atoms with Crippen molar-refractivity contribution >= 4 is 23.6 Å². The number of nitriles is 1. The van der Waals surface area contributed by atoms with Gasteiger partial charge in [0, 0.05) is 21.9 Å². The van der Waals surface area contributed by atoms with Gasteiger partial charge >= 0.3 is 5.97 Å². The largest absolute Gasteiger partial charge is 0.452 e. The summed E-state index contributed by atoms with van der Waals surface area (Å²) >= 11 is 1.33. The Labute approximate surface area is 170 Å². The fourth-order valence-corrected chi connectivity index (χ4v) is 3.96. The number of nitrogens with zero attached hydrogens (tertiary/aromatic N) is 2. The summed E-state index contributed by atoms with van der Waals surface area (Å²) in [6.45, 7) is 7.41. The van der Waals surface area contributed by atoms with Gasteiger partial charge in [0.2, 0.25) is 0 Å². The topological polar surface area (TPSA) is 70.4 Å². The molecule has 0 aliphatic heterocycles. The first-order valence-corrected chi connectivity index (χ1v) is 9.91. The molecule has 0 fully saturated rings. The summed E-state index contributed by atoms with van der Waals surface area (Å²) < 4.78 is 5.30. The first-order valence-electron chi connectivity index (χ1n) is 9.09. The number of hydrogen-bond acceptors (Lipinski definition) is 5. The summed E-state index contributed by atoms with van der Waals surface area (Å²) in [5.41, 5.74) is 0.907. The molecular weight excluding hydrogens is 372 g/mol. The van der Waals surface area contributed by atoms with Crippen molar-refractivity contribution < 1.29 is 14.3 Å². The van der Waals surface area contributed by atoms with E-state index in [1.54, 1.807) is 35.2 Å². The fraction of sp³-hybridized carbons (Fsp3) is 0.318. The van der Waals surface area contributed by atoms with E-state index in [1.807, 2.05) is 45.9 Å². The number of ether oxygens (including phenoxy) is 1. The molecule has 0 atom stereocenters. The third-order valence-electron chi connectivity index (χ3n) is 4.06. The van der Waals surface area contributed by atoms with Crippen LogP contribution in [0.25, 0.3) is 0 Å². The summed E-state index contributed by atoms with van der Waals surface area (Å²) in [7, 11) is 0. The van der Waals surface area contributed by atoms with Crippen molar-refractivity contribution in [3.05, 3.63) is 59.7 Å². The van der Waals surface area contributed by atoms with Gasteiger partial charge in [0.1, 0.15) is 6.07 Å². The molecular formula is C22H24N2O3S. The van der Waals surface area contributed by atoms with Crippen molar-refractivity contribution in [1.82, 2.24) is 4.90 Å². The second-order valence-corrected chi connectivity index (χ2v) is 7.85. The molecule has 2 aromatic carbocycles. The monoisotopic (exact) mass is 396 g/mol. The molecule has 0 saturated carbocycles. The Morgan fingerprint density at radius 3 is 2.18 bits per heavy atom. The standard InChI is InChI=1S/C22H24N2O3S/c1-15(2)24(16(3)4)21(25)14-27-22(26)18-10-6-8-12-20(18)28-19-11-7-5-9-17(19)13-23/h5-12,15-16H,14H2,1-4H3. The molecule has 0 radical (unpaired) electrons. The van der Waals surface area contributed by atoms with Gasteiger partial charge in [-0.15, -0.1) is 0 Å². The average molecular weight is 397 g/mol. The second kappa shape index (κ2) is 9.95. The molecule has 0 unspecified atom stereocenters. The Balaban J connectivity index is 2.15. The zero-order valence-corrected chi connectivity index (χ0v) is 17.3. The smallest absolute Gasteiger partial charge is 0.339 e. The molecule has 1 amide bonds. The van der Waals surface area contributed by atoms with Gasteiger partial charge < -0.3 is 9.64 Å². The van der Waals surface area contributed by atoms with Crippen molar-refractivity contribution in [2.75, 3.05) is 6.61 Å². The number of carbonyl (C=O) groups is 2. The zero-order valence-electron chi connectivity index (χ0n) is 16.5. The van der Waals surface area contributed by atoms with Crippen LogP contribution in [0.5, 0.6) is 0 Å². The molecule has 28 heavy (non-hydrogen) atoms. The molecule has 146 valence electrons. The van der Waals surface area contributed by atoms with Crippen LogP contribution < -0.4 is 0 Å². The van der Waals surface area contributed by atoms with E-state index in [1.165, 1.54) is 11.8 Å². The van der Waals surface area contributed by atoms with Crippen LogP contribution in [0.3, 0.4) is 0 Å². The van der Waals surface area contributed by atoms with Gasteiger partial charge in [0.05, 0.1) is 11.1 Å². The van der Waals surface area contributed by atoms with Crippen LogP contribution in [0, 0.1) is 11.3 Å². The SMILES string of the molecule is CC(C)N(C(=O)COC(=O)c1ccccc1Sc1ccccc1C#N)C(C)C. The van der Waals surface area contributed by atoms with Crippen LogP contribution in [-0.4, -0.2) is 35.5 Å². The molecule has 0 aromatic heterocycles. The highest BCUT2D eigenvalue weighted by atomic mass is 32.2. The van der Waals surface area contributed by atoms with Crippen LogP contribution in [-0.2, 0) is 9.53 Å². The molecule has 2 aromatic rings. The third-order valence-corrected chi connectivity index (χ3v) is 5.21. The highest BCUT2D eigenvalue weighted by Crippen LogP contribution is 2.32. The van der Waals surface area contributed by atoms with E-state index >= 15 is 0 Å². The number of rotatable bonds is 7. The number of carbonyl (C=O) groups excluding carboxylic acids is 2. The van der Waals surface area contributed by atoms with Crippen LogP contribution in [0.15, 0.2) is 58.3 Å². The highest BCUT2D eigenvalue weighted by molar-refractivity contribution is 7.99. The Morgan fingerprint density at radius 1 is 1.00 bits per heavy atom. The molecule has 2 rings (SSSR count). The molecule has 0 saturated heterocycles. The van der Waals surface area contributed by atoms with Crippen LogP contribution in [0.2, 0.25) is 0 Å². The Morgan fingerprint density at radius 2 is 1.57 bits per heavy atom. The minimum Gasteiger partial charge on any atom is -0.452 e. The van der Waals surface area contributed by atoms with E-state index in [4.69, 9.17) is 4.74 Å². The van der Waals surface area contributed by atoms with Crippen molar-refractivity contribution in [2.24, 2.45) is 0 Å². The molecule has 0 spiro atoms. The van der Waals surface area contributed by atoms with Crippen molar-refractivity contribution in [2.45, 2.75) is 49.6 Å². The van der Waals surface area contributed by atoms with E-state index in [2.05, 4.69) is 6.07 Å². The van der Waals surface area contributed by atoms with Gasteiger partial charge in [0.15, 0.2) is 6.61 Å². The summed E-state index contributed by atoms with van der Waals surface area (Å²) in [4.78, 5) is 28.2. The first-order chi connectivity index (χ1) is 13.3. The second-order valence-electron chi connectivity index (χ2n) is 6.77. The van der Waals surface area contributed by atoms with E-state index in [-0.39, 0.29) is 24.6 Å². The molecule has 0 N–H and O–H groups in total. The van der Waals surface area contributed by atoms with Crippen LogP contribution in [0.4, 0.5) is 0 Å². The molecule has 5 nitrogen and oxygen atoms in total. The maximum Gasteiger partial charge on any atom is 0.339 e. The van der Waals surface area contributed by atoms with Crippen molar-refractivity contribution in [3.63, 3.8) is 0 Å². The van der Waals surface area contributed by atoms with Crippen LogP contribution in [0.1, 0.15) is 43.6 Å². The molecule has 0 bridgehead atoms. The minimum absolute atomic E-state index is 0.0246. The average Bonchev–Trinajstić information content (AvgIpc) is 2.66. The minimum atomic E-state index is -0.557. The van der Waals surface area contributed by atoms with Crippen molar-refractivity contribution in [3.8, 4) is 6.07 Å². The lowest BCUT2D eigenvalue weighted by Crippen LogP contribution is -2.44. The van der Waals surface area contributed by atoms with Gasteiger partial charge in [-0.05, 0) is 52.0 Å². The molecule has 0 aliphatic carbocycles. The first kappa shape index (κ1) is 21.5. The van der Waals surface area contributed by atoms with Crippen molar-refractivity contribution in [1.29, 1.82) is 5.26 Å². The van der Waals surface area contributed by atoms with E-state index < -0.39 is 5.97 Å². The lowest BCUT2D eigenvalue weighted by atomic mass is 10.2. The lowest BCUT2D eigenvalue weighted by molar-refractivity contribution is -0.138. The van der Waals surface area contributed by atoms with E-state index in [0.717, 1.165) is 4.90 Å². The predicted molar refractivity (Wildman–Crippen MR) is 109 cm³/mol. The van der Waals surface area contributed by atoms with Gasteiger partial charge in [-0.1, -0.05) is 36.0 Å². The molecule has 0 aliphatic rings. The zero-order chi connectivity index (χ0) is 20.7. The Kier molecular flexibility index (Phi) is 7.65. The van der Waals surface area contributed by atoms with Crippen LogP contribution >= 0.6 is 11.8 Å². The van der Waals surface area contributed by atoms with Gasteiger partial charge in [-0.25, -0.2) is 4.79 Å². The molecule has 0 heterocycles. The third kappa shape index (κ3) is 5.37. The molecule has 6 heteroatoms. The number of amides is 1. The number of hydrogen-bond donors (Lipinski definition) is 0. The summed E-state index contributed by atoms with van der Waals surface area (Å²) in [6, 6.07) is 16.4.